The number of nitrogens with one attached hydrogen (secondary N) is 2. The van der Waals surface area contributed by atoms with Crippen molar-refractivity contribution >= 4 is 22.9 Å². The van der Waals surface area contributed by atoms with Crippen LogP contribution >= 0.6 is 11.3 Å². The standard InChI is InChI=1S/C18H22N6O2S/c1-3-12-4-6-14(7-5-12)21-17(26)18-23-22-16(27-18)9-19-15(11-25)13-8-20-24(2)10-13/h4-8,10,15,19,25H,3,9,11H2,1-2H3,(H,21,26)/t15-/m1/s1. The van der Waals surface area contributed by atoms with E-state index in [1.54, 1.807) is 10.9 Å². The summed E-state index contributed by atoms with van der Waals surface area (Å²) in [5.41, 5.74) is 2.83. The minimum atomic E-state index is -0.283. The molecule has 0 aliphatic carbocycles. The molecule has 0 saturated heterocycles. The molecule has 1 amide bonds. The van der Waals surface area contributed by atoms with Crippen molar-refractivity contribution in [3.63, 3.8) is 0 Å². The summed E-state index contributed by atoms with van der Waals surface area (Å²) in [7, 11) is 1.82. The molecule has 0 bridgehead atoms. The van der Waals surface area contributed by atoms with Gasteiger partial charge in [0.1, 0.15) is 5.01 Å². The zero-order valence-electron chi connectivity index (χ0n) is 15.2. The second-order valence-electron chi connectivity index (χ2n) is 6.07. The van der Waals surface area contributed by atoms with Gasteiger partial charge in [0.2, 0.25) is 5.01 Å². The summed E-state index contributed by atoms with van der Waals surface area (Å²) in [5, 5.41) is 28.7. The van der Waals surface area contributed by atoms with Crippen LogP contribution in [0.25, 0.3) is 0 Å². The van der Waals surface area contributed by atoms with Crippen LogP contribution in [0.2, 0.25) is 0 Å². The van der Waals surface area contributed by atoms with Crippen molar-refractivity contribution in [3.8, 4) is 0 Å². The van der Waals surface area contributed by atoms with E-state index in [2.05, 4.69) is 32.9 Å². The van der Waals surface area contributed by atoms with Gasteiger partial charge in [0.05, 0.1) is 25.4 Å². The second kappa shape index (κ2) is 8.85. The van der Waals surface area contributed by atoms with E-state index < -0.39 is 0 Å². The molecule has 142 valence electrons. The molecule has 1 atom stereocenters. The van der Waals surface area contributed by atoms with Crippen molar-refractivity contribution in [1.82, 2.24) is 25.3 Å². The fourth-order valence-electron chi connectivity index (χ4n) is 2.54. The number of aryl methyl sites for hydroxylation is 2. The Morgan fingerprint density at radius 3 is 2.70 bits per heavy atom. The minimum Gasteiger partial charge on any atom is -0.394 e. The molecule has 9 heteroatoms. The Hall–Kier alpha value is -2.62. The van der Waals surface area contributed by atoms with Gasteiger partial charge in [-0.1, -0.05) is 30.4 Å². The molecule has 8 nitrogen and oxygen atoms in total. The number of aliphatic hydroxyl groups is 1. The van der Waals surface area contributed by atoms with Gasteiger partial charge in [-0.05, 0) is 24.1 Å². The van der Waals surface area contributed by atoms with Gasteiger partial charge < -0.3 is 15.7 Å². The van der Waals surface area contributed by atoms with Gasteiger partial charge in [0.25, 0.3) is 5.91 Å². The monoisotopic (exact) mass is 386 g/mol. The zero-order valence-corrected chi connectivity index (χ0v) is 16.0. The summed E-state index contributed by atoms with van der Waals surface area (Å²) in [6.45, 7) is 2.42. The Balaban J connectivity index is 1.57. The van der Waals surface area contributed by atoms with Crippen LogP contribution < -0.4 is 10.6 Å². The third-order valence-electron chi connectivity index (χ3n) is 4.09. The molecular formula is C18H22N6O2S. The Kier molecular flexibility index (Phi) is 6.28. The third kappa shape index (κ3) is 4.97. The number of aromatic nitrogens is 4. The summed E-state index contributed by atoms with van der Waals surface area (Å²) < 4.78 is 1.68. The largest absolute Gasteiger partial charge is 0.394 e. The Morgan fingerprint density at radius 1 is 1.30 bits per heavy atom. The second-order valence-corrected chi connectivity index (χ2v) is 7.13. The van der Waals surface area contributed by atoms with Gasteiger partial charge >= 0.3 is 0 Å². The smallest absolute Gasteiger partial charge is 0.286 e. The lowest BCUT2D eigenvalue weighted by Gasteiger charge is -2.12. The molecule has 0 fully saturated rings. The van der Waals surface area contributed by atoms with Crippen molar-refractivity contribution < 1.29 is 9.90 Å². The molecule has 0 unspecified atom stereocenters. The van der Waals surface area contributed by atoms with E-state index in [0.717, 1.165) is 17.7 Å². The Labute approximate surface area is 161 Å². The average Bonchev–Trinajstić information content (AvgIpc) is 3.32. The van der Waals surface area contributed by atoms with Gasteiger partial charge in [-0.2, -0.15) is 5.10 Å². The van der Waals surface area contributed by atoms with E-state index in [0.29, 0.717) is 16.6 Å². The first-order chi connectivity index (χ1) is 13.1. The summed E-state index contributed by atoms with van der Waals surface area (Å²) in [5.74, 6) is -0.283. The molecule has 3 rings (SSSR count). The molecule has 0 aliphatic heterocycles. The highest BCUT2D eigenvalue weighted by Crippen LogP contribution is 2.16. The fourth-order valence-corrected chi connectivity index (χ4v) is 3.23. The van der Waals surface area contributed by atoms with Crippen molar-refractivity contribution in [2.24, 2.45) is 7.05 Å². The summed E-state index contributed by atoms with van der Waals surface area (Å²) in [6, 6.07) is 7.47. The van der Waals surface area contributed by atoms with Crippen LogP contribution in [0.4, 0.5) is 5.69 Å². The Bertz CT molecular complexity index is 889. The first kappa shape index (κ1) is 19.2. The van der Waals surface area contributed by atoms with Gasteiger partial charge in [-0.15, -0.1) is 10.2 Å². The number of rotatable bonds is 8. The quantitative estimate of drug-likeness (QED) is 0.546. The number of anilines is 1. The predicted octanol–water partition coefficient (Wildman–Crippen LogP) is 1.91. The molecule has 1 aromatic carbocycles. The van der Waals surface area contributed by atoms with E-state index in [1.807, 2.05) is 37.5 Å². The van der Waals surface area contributed by atoms with E-state index in [1.165, 1.54) is 16.9 Å². The summed E-state index contributed by atoms with van der Waals surface area (Å²) in [4.78, 5) is 12.3. The maximum absolute atomic E-state index is 12.3. The topological polar surface area (TPSA) is 105 Å². The van der Waals surface area contributed by atoms with Crippen molar-refractivity contribution in [2.45, 2.75) is 25.9 Å². The van der Waals surface area contributed by atoms with Crippen LogP contribution in [0, 0.1) is 0 Å². The zero-order chi connectivity index (χ0) is 19.2. The number of aliphatic hydroxyl groups excluding tert-OH is 1. The van der Waals surface area contributed by atoms with E-state index in [9.17, 15) is 9.90 Å². The molecule has 2 aromatic heterocycles. The van der Waals surface area contributed by atoms with E-state index >= 15 is 0 Å². The van der Waals surface area contributed by atoms with E-state index in [4.69, 9.17) is 0 Å². The molecule has 0 saturated carbocycles. The number of hydrogen-bond acceptors (Lipinski definition) is 7. The average molecular weight is 386 g/mol. The van der Waals surface area contributed by atoms with Crippen molar-refractivity contribution in [2.75, 3.05) is 11.9 Å². The number of hydrogen-bond donors (Lipinski definition) is 3. The molecule has 3 N–H and O–H groups in total. The van der Waals surface area contributed by atoms with Gasteiger partial charge in [-0.3, -0.25) is 9.48 Å². The number of amides is 1. The third-order valence-corrected chi connectivity index (χ3v) is 5.01. The molecule has 0 radical (unpaired) electrons. The highest BCUT2D eigenvalue weighted by Gasteiger charge is 2.16. The molecule has 27 heavy (non-hydrogen) atoms. The van der Waals surface area contributed by atoms with Crippen LogP contribution in [0.3, 0.4) is 0 Å². The summed E-state index contributed by atoms with van der Waals surface area (Å²) >= 11 is 1.22. The van der Waals surface area contributed by atoms with Crippen LogP contribution in [-0.2, 0) is 20.0 Å². The lowest BCUT2D eigenvalue weighted by molar-refractivity contribution is 0.102. The Morgan fingerprint density at radius 2 is 2.07 bits per heavy atom. The highest BCUT2D eigenvalue weighted by molar-refractivity contribution is 7.13. The maximum Gasteiger partial charge on any atom is 0.286 e. The molecule has 0 spiro atoms. The number of benzene rings is 1. The molecular weight excluding hydrogens is 364 g/mol. The van der Waals surface area contributed by atoms with Crippen LogP contribution in [0.5, 0.6) is 0 Å². The van der Waals surface area contributed by atoms with E-state index in [-0.39, 0.29) is 18.6 Å². The van der Waals surface area contributed by atoms with Gasteiger partial charge in [0, 0.05) is 24.5 Å². The number of carbonyl (C=O) groups excluding carboxylic acids is 1. The first-order valence-electron chi connectivity index (χ1n) is 8.64. The van der Waals surface area contributed by atoms with Crippen molar-refractivity contribution in [1.29, 1.82) is 0 Å². The highest BCUT2D eigenvalue weighted by atomic mass is 32.1. The first-order valence-corrected chi connectivity index (χ1v) is 9.46. The lowest BCUT2D eigenvalue weighted by Crippen LogP contribution is -2.23. The van der Waals surface area contributed by atoms with Crippen LogP contribution in [-0.4, -0.2) is 37.6 Å². The normalized spacial score (nSPS) is 12.1. The summed E-state index contributed by atoms with van der Waals surface area (Å²) in [6.07, 6.45) is 4.50. The fraction of sp³-hybridized carbons (Fsp3) is 0.333. The van der Waals surface area contributed by atoms with Gasteiger partial charge in [0.15, 0.2) is 0 Å². The minimum absolute atomic E-state index is 0.0639. The molecule has 3 aromatic rings. The molecule has 2 heterocycles. The number of carbonyl (C=O) groups is 1. The lowest BCUT2D eigenvalue weighted by atomic mass is 10.1. The van der Waals surface area contributed by atoms with Gasteiger partial charge in [-0.25, -0.2) is 0 Å². The SMILES string of the molecule is CCc1ccc(NC(=O)c2nnc(CN[C@H](CO)c3cnn(C)c3)s2)cc1. The number of nitrogens with zero attached hydrogens (tertiary/aromatic N) is 4. The van der Waals surface area contributed by atoms with Crippen LogP contribution in [0.1, 0.15) is 38.9 Å². The predicted molar refractivity (Wildman–Crippen MR) is 104 cm³/mol. The van der Waals surface area contributed by atoms with Crippen molar-refractivity contribution in [3.05, 3.63) is 57.8 Å². The maximum atomic E-state index is 12.3. The molecule has 0 aliphatic rings. The van der Waals surface area contributed by atoms with Crippen LogP contribution in [0.15, 0.2) is 36.7 Å².